The van der Waals surface area contributed by atoms with Crippen LogP contribution in [-0.2, 0) is 14.3 Å². The number of benzene rings is 1. The topological polar surface area (TPSA) is 46.6 Å². The van der Waals surface area contributed by atoms with E-state index in [9.17, 15) is 9.59 Å². The molecule has 4 nitrogen and oxygen atoms in total. The second-order valence-electron chi connectivity index (χ2n) is 5.53. The minimum absolute atomic E-state index is 0.0482. The molecule has 0 spiro atoms. The van der Waals surface area contributed by atoms with Gasteiger partial charge in [0.25, 0.3) is 0 Å². The predicted octanol–water partition coefficient (Wildman–Crippen LogP) is 2.08. The van der Waals surface area contributed by atoms with E-state index >= 15 is 0 Å². The molecule has 5 heteroatoms. The third-order valence-electron chi connectivity index (χ3n) is 4.61. The van der Waals surface area contributed by atoms with Crippen molar-refractivity contribution >= 4 is 29.3 Å². The van der Waals surface area contributed by atoms with Crippen molar-refractivity contribution in [3.8, 4) is 0 Å². The van der Waals surface area contributed by atoms with E-state index in [1.165, 1.54) is 4.90 Å². The van der Waals surface area contributed by atoms with Gasteiger partial charge in [0.05, 0.1) is 29.7 Å². The zero-order valence-corrected chi connectivity index (χ0v) is 11.9. The molecule has 0 radical (unpaired) electrons. The molecule has 3 fully saturated rings. The normalized spacial score (nSPS) is 35.0. The number of imide groups is 1. The van der Waals surface area contributed by atoms with Crippen LogP contribution in [0.2, 0.25) is 0 Å². The molecule has 1 aromatic rings. The summed E-state index contributed by atoms with van der Waals surface area (Å²) in [5.74, 6) is -0.658. The van der Waals surface area contributed by atoms with Gasteiger partial charge in [-0.25, -0.2) is 4.90 Å². The fraction of sp³-hybridized carbons (Fsp3) is 0.467. The van der Waals surface area contributed by atoms with E-state index in [0.29, 0.717) is 0 Å². The zero-order valence-electron chi connectivity index (χ0n) is 11.1. The second kappa shape index (κ2) is 4.33. The van der Waals surface area contributed by atoms with Crippen LogP contribution >= 0.6 is 11.8 Å². The highest BCUT2D eigenvalue weighted by Crippen LogP contribution is 2.50. The first-order valence-electron chi connectivity index (χ1n) is 6.88. The maximum atomic E-state index is 12.7. The average Bonchev–Trinajstić information content (AvgIpc) is 3.13. The van der Waals surface area contributed by atoms with Crippen LogP contribution < -0.4 is 4.90 Å². The monoisotopic (exact) mass is 289 g/mol. The number of rotatable bonds is 2. The molecule has 2 bridgehead atoms. The van der Waals surface area contributed by atoms with E-state index < -0.39 is 0 Å². The van der Waals surface area contributed by atoms with Crippen LogP contribution in [-0.4, -0.2) is 30.3 Å². The Morgan fingerprint density at radius 3 is 2.30 bits per heavy atom. The van der Waals surface area contributed by atoms with Gasteiger partial charge in [-0.2, -0.15) is 0 Å². The van der Waals surface area contributed by atoms with Gasteiger partial charge in [-0.05, 0) is 31.2 Å². The molecule has 0 aromatic heterocycles. The molecule has 4 atom stereocenters. The summed E-state index contributed by atoms with van der Waals surface area (Å²) in [5, 5.41) is 0. The van der Waals surface area contributed by atoms with Gasteiger partial charge in [0, 0.05) is 4.90 Å². The summed E-state index contributed by atoms with van der Waals surface area (Å²) in [7, 11) is 0. The molecule has 1 aromatic carbocycles. The third kappa shape index (κ3) is 1.48. The molecule has 104 valence electrons. The Hall–Kier alpha value is -1.33. The molecule has 3 saturated heterocycles. The number of ether oxygens (including phenoxy) is 1. The van der Waals surface area contributed by atoms with E-state index in [-0.39, 0.29) is 35.9 Å². The highest BCUT2D eigenvalue weighted by molar-refractivity contribution is 7.98. The number of hydrogen-bond donors (Lipinski definition) is 0. The summed E-state index contributed by atoms with van der Waals surface area (Å²) >= 11 is 1.55. The lowest BCUT2D eigenvalue weighted by atomic mass is 9.81. The summed E-state index contributed by atoms with van der Waals surface area (Å²) in [5.41, 5.74) is 0.726. The molecule has 3 heterocycles. The Labute approximate surface area is 121 Å². The Kier molecular flexibility index (Phi) is 2.69. The average molecular weight is 289 g/mol. The number of carbonyl (C=O) groups excluding carboxylic acids is 2. The minimum atomic E-state index is -0.254. The number of carbonyl (C=O) groups is 2. The van der Waals surface area contributed by atoms with Crippen molar-refractivity contribution in [3.05, 3.63) is 24.3 Å². The van der Waals surface area contributed by atoms with Crippen LogP contribution in [0.25, 0.3) is 0 Å². The Balaban J connectivity index is 1.77. The number of nitrogens with zero attached hydrogens (tertiary/aromatic N) is 1. The highest BCUT2D eigenvalue weighted by atomic mass is 32.2. The number of fused-ring (bicyclic) bond motifs is 5. The van der Waals surface area contributed by atoms with Crippen LogP contribution in [0.1, 0.15) is 12.8 Å². The standard InChI is InChI=1S/C15H15NO3S/c1-20-11-5-3-2-4-8(11)16-14(17)12-9-6-7-10(19-9)13(12)15(16)18/h2-5,9-10,12-13H,6-7H2,1H3/t9-,10+,12-,13+. The summed E-state index contributed by atoms with van der Waals surface area (Å²) in [6, 6.07) is 7.59. The SMILES string of the molecule is CSc1ccccc1N1C(=O)[C@@H]2[C@H](C1=O)[C@H]1CC[C@@H]2O1. The van der Waals surface area contributed by atoms with Gasteiger partial charge in [0.15, 0.2) is 0 Å². The molecule has 20 heavy (non-hydrogen) atoms. The van der Waals surface area contributed by atoms with E-state index in [0.717, 1.165) is 23.4 Å². The molecule has 3 aliphatic heterocycles. The fourth-order valence-corrected chi connectivity index (χ4v) is 4.35. The minimum Gasteiger partial charge on any atom is -0.373 e. The number of thioether (sulfide) groups is 1. The Morgan fingerprint density at radius 2 is 1.70 bits per heavy atom. The van der Waals surface area contributed by atoms with Gasteiger partial charge in [-0.1, -0.05) is 12.1 Å². The lowest BCUT2D eigenvalue weighted by molar-refractivity contribution is -0.124. The molecule has 0 aliphatic carbocycles. The van der Waals surface area contributed by atoms with Gasteiger partial charge in [0.1, 0.15) is 0 Å². The van der Waals surface area contributed by atoms with Gasteiger partial charge in [-0.3, -0.25) is 9.59 Å². The molecule has 4 rings (SSSR count). The molecular formula is C15H15NO3S. The zero-order chi connectivity index (χ0) is 13.9. The summed E-state index contributed by atoms with van der Waals surface area (Å²) in [4.78, 5) is 27.7. The molecular weight excluding hydrogens is 274 g/mol. The first kappa shape index (κ1) is 12.4. The van der Waals surface area contributed by atoms with Gasteiger partial charge >= 0.3 is 0 Å². The second-order valence-corrected chi connectivity index (χ2v) is 6.37. The lowest BCUT2D eigenvalue weighted by Gasteiger charge is -2.19. The van der Waals surface area contributed by atoms with Crippen LogP contribution in [0.5, 0.6) is 0 Å². The smallest absolute Gasteiger partial charge is 0.240 e. The van der Waals surface area contributed by atoms with E-state index in [1.54, 1.807) is 11.8 Å². The first-order chi connectivity index (χ1) is 9.72. The molecule has 3 aliphatic rings. The van der Waals surface area contributed by atoms with E-state index in [4.69, 9.17) is 4.74 Å². The molecule has 2 amide bonds. The van der Waals surface area contributed by atoms with Crippen LogP contribution in [0, 0.1) is 11.8 Å². The maximum Gasteiger partial charge on any atom is 0.240 e. The molecule has 0 unspecified atom stereocenters. The van der Waals surface area contributed by atoms with Gasteiger partial charge < -0.3 is 4.74 Å². The van der Waals surface area contributed by atoms with Crippen LogP contribution in [0.3, 0.4) is 0 Å². The van der Waals surface area contributed by atoms with Crippen LogP contribution in [0.15, 0.2) is 29.2 Å². The fourth-order valence-electron chi connectivity index (χ4n) is 3.76. The summed E-state index contributed by atoms with van der Waals surface area (Å²) < 4.78 is 5.75. The van der Waals surface area contributed by atoms with Crippen molar-refractivity contribution < 1.29 is 14.3 Å². The summed E-state index contributed by atoms with van der Waals surface area (Å²) in [6.45, 7) is 0. The van der Waals surface area contributed by atoms with Gasteiger partial charge in [-0.15, -0.1) is 11.8 Å². The van der Waals surface area contributed by atoms with Crippen molar-refractivity contribution in [2.75, 3.05) is 11.2 Å². The van der Waals surface area contributed by atoms with Crippen molar-refractivity contribution in [1.29, 1.82) is 0 Å². The lowest BCUT2D eigenvalue weighted by Crippen LogP contribution is -2.34. The van der Waals surface area contributed by atoms with Crippen molar-refractivity contribution in [3.63, 3.8) is 0 Å². The Bertz CT molecular complexity index is 575. The van der Waals surface area contributed by atoms with Crippen molar-refractivity contribution in [2.45, 2.75) is 29.9 Å². The number of para-hydroxylation sites is 1. The van der Waals surface area contributed by atoms with E-state index in [2.05, 4.69) is 0 Å². The van der Waals surface area contributed by atoms with Gasteiger partial charge in [0.2, 0.25) is 11.8 Å². The molecule has 0 saturated carbocycles. The van der Waals surface area contributed by atoms with Crippen molar-refractivity contribution in [2.24, 2.45) is 11.8 Å². The summed E-state index contributed by atoms with van der Waals surface area (Å²) in [6.07, 6.45) is 3.67. The number of anilines is 1. The van der Waals surface area contributed by atoms with Crippen LogP contribution in [0.4, 0.5) is 5.69 Å². The predicted molar refractivity (Wildman–Crippen MR) is 75.6 cm³/mol. The third-order valence-corrected chi connectivity index (χ3v) is 5.40. The maximum absolute atomic E-state index is 12.7. The first-order valence-corrected chi connectivity index (χ1v) is 8.11. The Morgan fingerprint density at radius 1 is 1.10 bits per heavy atom. The number of amides is 2. The highest BCUT2D eigenvalue weighted by Gasteiger charge is 2.62. The van der Waals surface area contributed by atoms with Crippen molar-refractivity contribution in [1.82, 2.24) is 0 Å². The molecule has 0 N–H and O–H groups in total. The number of hydrogen-bond acceptors (Lipinski definition) is 4. The van der Waals surface area contributed by atoms with E-state index in [1.807, 2.05) is 30.5 Å². The largest absolute Gasteiger partial charge is 0.373 e. The quantitative estimate of drug-likeness (QED) is 0.618.